The minimum Gasteiger partial charge on any atom is -0.379 e. The first kappa shape index (κ1) is 28.1. The van der Waals surface area contributed by atoms with E-state index in [1.807, 2.05) is 60.7 Å². The Morgan fingerprint density at radius 1 is 0.538 bits per heavy atom. The number of rotatable bonds is 16. The number of carbonyl (C=O) groups is 2. The maximum absolute atomic E-state index is 12.3. The number of fused-ring (bicyclic) bond motifs is 2. The Morgan fingerprint density at radius 3 is 1.41 bits per heavy atom. The fraction of sp³-hybridized carbons (Fsp3) is 0.333. The van der Waals surface area contributed by atoms with Crippen molar-refractivity contribution in [3.05, 3.63) is 84.2 Å². The molecule has 39 heavy (non-hydrogen) atoms. The van der Waals surface area contributed by atoms with Crippen LogP contribution in [0.2, 0.25) is 0 Å². The van der Waals surface area contributed by atoms with Gasteiger partial charge in [0.1, 0.15) is 11.4 Å². The minimum absolute atomic E-state index is 0.187. The van der Waals surface area contributed by atoms with Crippen LogP contribution in [-0.4, -0.2) is 74.5 Å². The molecule has 0 bridgehead atoms. The summed E-state index contributed by atoms with van der Waals surface area (Å²) in [6.07, 6.45) is 1.41. The highest BCUT2D eigenvalue weighted by molar-refractivity contribution is 5.95. The van der Waals surface area contributed by atoms with Crippen LogP contribution in [0, 0.1) is 0 Å². The summed E-state index contributed by atoms with van der Waals surface area (Å²) in [5, 5.41) is 7.75. The van der Waals surface area contributed by atoms with E-state index in [9.17, 15) is 9.59 Å². The minimum atomic E-state index is -0.187. The topological polar surface area (TPSA) is 112 Å². The molecule has 0 aliphatic rings. The van der Waals surface area contributed by atoms with Crippen LogP contribution in [0.15, 0.2) is 72.8 Å². The fourth-order valence-corrected chi connectivity index (χ4v) is 3.86. The van der Waals surface area contributed by atoms with Gasteiger partial charge in [-0.1, -0.05) is 48.5 Å². The number of amides is 2. The highest BCUT2D eigenvalue weighted by Gasteiger charge is 2.08. The van der Waals surface area contributed by atoms with Crippen LogP contribution in [0.3, 0.4) is 0 Å². The molecular weight excluding hydrogens is 496 g/mol. The Morgan fingerprint density at radius 2 is 0.949 bits per heavy atom. The largest absolute Gasteiger partial charge is 0.379 e. The standard InChI is InChI=1S/C30H34N4O5/c35-29(27-13-11-23-7-1-3-9-25(23)33-27)31-15-5-17-37-19-21-39-22-20-38-18-6-16-32-30(36)28-14-12-24-8-2-4-10-26(24)34-28/h1-4,7-14H,5-6,15-22H2,(H,31,35)(H,32,36). The van der Waals surface area contributed by atoms with Crippen molar-refractivity contribution < 1.29 is 23.8 Å². The Hall–Kier alpha value is -3.92. The van der Waals surface area contributed by atoms with E-state index in [1.165, 1.54) is 0 Å². The lowest BCUT2D eigenvalue weighted by Gasteiger charge is -2.08. The van der Waals surface area contributed by atoms with Crippen molar-refractivity contribution in [3.63, 3.8) is 0 Å². The van der Waals surface area contributed by atoms with Crippen molar-refractivity contribution in [2.45, 2.75) is 12.8 Å². The summed E-state index contributed by atoms with van der Waals surface area (Å²) < 4.78 is 16.6. The third-order valence-corrected chi connectivity index (χ3v) is 5.91. The number of hydrogen-bond donors (Lipinski definition) is 2. The van der Waals surface area contributed by atoms with Gasteiger partial charge in [0.25, 0.3) is 11.8 Å². The van der Waals surface area contributed by atoms with Crippen LogP contribution in [-0.2, 0) is 14.2 Å². The van der Waals surface area contributed by atoms with Crippen LogP contribution in [0.25, 0.3) is 21.8 Å². The second-order valence-corrected chi connectivity index (χ2v) is 8.83. The van der Waals surface area contributed by atoms with Gasteiger partial charge in [-0.25, -0.2) is 9.97 Å². The predicted molar refractivity (Wildman–Crippen MR) is 150 cm³/mol. The van der Waals surface area contributed by atoms with E-state index in [2.05, 4.69) is 20.6 Å². The van der Waals surface area contributed by atoms with Crippen molar-refractivity contribution in [2.24, 2.45) is 0 Å². The summed E-state index contributed by atoms with van der Waals surface area (Å²) >= 11 is 0. The number of para-hydroxylation sites is 2. The van der Waals surface area contributed by atoms with Crippen molar-refractivity contribution >= 4 is 33.6 Å². The first-order valence-electron chi connectivity index (χ1n) is 13.2. The molecule has 0 spiro atoms. The smallest absolute Gasteiger partial charge is 0.269 e. The normalized spacial score (nSPS) is 11.1. The van der Waals surface area contributed by atoms with Gasteiger partial charge >= 0.3 is 0 Å². The summed E-state index contributed by atoms with van der Waals surface area (Å²) in [5.74, 6) is -0.373. The third kappa shape index (κ3) is 9.10. The van der Waals surface area contributed by atoms with E-state index in [-0.39, 0.29) is 11.8 Å². The van der Waals surface area contributed by atoms with Gasteiger partial charge in [-0.2, -0.15) is 0 Å². The van der Waals surface area contributed by atoms with Crippen LogP contribution >= 0.6 is 0 Å². The molecule has 0 saturated carbocycles. The summed E-state index contributed by atoms with van der Waals surface area (Å²) in [6.45, 7) is 4.01. The molecule has 0 atom stereocenters. The number of aromatic nitrogens is 2. The van der Waals surface area contributed by atoms with Gasteiger partial charge in [-0.15, -0.1) is 0 Å². The molecular formula is C30H34N4O5. The number of nitrogens with one attached hydrogen (secondary N) is 2. The predicted octanol–water partition coefficient (Wildman–Crippen LogP) is 3.77. The first-order valence-corrected chi connectivity index (χ1v) is 13.2. The van der Waals surface area contributed by atoms with Crippen molar-refractivity contribution in [3.8, 4) is 0 Å². The van der Waals surface area contributed by atoms with E-state index < -0.39 is 0 Å². The highest BCUT2D eigenvalue weighted by Crippen LogP contribution is 2.12. The average molecular weight is 531 g/mol. The Kier molecular flexibility index (Phi) is 11.2. The molecule has 0 saturated heterocycles. The summed E-state index contributed by atoms with van der Waals surface area (Å²) in [7, 11) is 0. The molecule has 9 nitrogen and oxygen atoms in total. The van der Waals surface area contributed by atoms with Crippen LogP contribution < -0.4 is 10.6 Å². The number of pyridine rings is 2. The van der Waals surface area contributed by atoms with Gasteiger partial charge in [0.05, 0.1) is 37.5 Å². The lowest BCUT2D eigenvalue weighted by atomic mass is 10.2. The lowest BCUT2D eigenvalue weighted by molar-refractivity contribution is 0.0139. The third-order valence-electron chi connectivity index (χ3n) is 5.91. The van der Waals surface area contributed by atoms with E-state index in [1.54, 1.807) is 12.1 Å². The monoisotopic (exact) mass is 530 g/mol. The quantitative estimate of drug-likeness (QED) is 0.212. The molecule has 0 fully saturated rings. The highest BCUT2D eigenvalue weighted by atomic mass is 16.5. The van der Waals surface area contributed by atoms with Gasteiger partial charge in [-0.3, -0.25) is 9.59 Å². The van der Waals surface area contributed by atoms with E-state index in [0.717, 1.165) is 21.8 Å². The fourth-order valence-electron chi connectivity index (χ4n) is 3.86. The number of benzene rings is 2. The first-order chi connectivity index (χ1) is 19.2. The zero-order chi connectivity index (χ0) is 27.1. The van der Waals surface area contributed by atoms with Gasteiger partial charge in [0.2, 0.25) is 0 Å². The Balaban J connectivity index is 0.936. The second kappa shape index (κ2) is 15.5. The van der Waals surface area contributed by atoms with Crippen LogP contribution in [0.4, 0.5) is 0 Å². The second-order valence-electron chi connectivity index (χ2n) is 8.83. The number of ether oxygens (including phenoxy) is 3. The molecule has 2 heterocycles. The SMILES string of the molecule is O=C(NCCCOCCOCCOCCCNC(=O)c1ccc2ccccc2n1)c1ccc2ccccc2n1. The van der Waals surface area contributed by atoms with Crippen LogP contribution in [0.5, 0.6) is 0 Å². The van der Waals surface area contributed by atoms with E-state index in [0.29, 0.717) is 77.0 Å². The molecule has 4 rings (SSSR count). The van der Waals surface area contributed by atoms with Gasteiger partial charge in [0, 0.05) is 37.1 Å². The molecule has 2 aromatic carbocycles. The van der Waals surface area contributed by atoms with Crippen LogP contribution in [0.1, 0.15) is 33.8 Å². The molecule has 0 unspecified atom stereocenters. The summed E-state index contributed by atoms with van der Waals surface area (Å²) in [5.41, 5.74) is 2.43. The van der Waals surface area contributed by atoms with Crippen molar-refractivity contribution in [1.82, 2.24) is 20.6 Å². The molecule has 204 valence electrons. The maximum Gasteiger partial charge on any atom is 0.269 e. The molecule has 9 heteroatoms. The molecule has 0 radical (unpaired) electrons. The summed E-state index contributed by atoms with van der Waals surface area (Å²) in [6, 6.07) is 22.7. The maximum atomic E-state index is 12.3. The Bertz CT molecular complexity index is 1260. The number of hydrogen-bond acceptors (Lipinski definition) is 7. The van der Waals surface area contributed by atoms with Gasteiger partial charge in [0.15, 0.2) is 0 Å². The zero-order valence-corrected chi connectivity index (χ0v) is 21.9. The molecule has 2 N–H and O–H groups in total. The molecule has 2 amide bonds. The van der Waals surface area contributed by atoms with Crippen molar-refractivity contribution in [2.75, 3.05) is 52.7 Å². The van der Waals surface area contributed by atoms with E-state index in [4.69, 9.17) is 14.2 Å². The molecule has 0 aliphatic carbocycles. The number of carbonyl (C=O) groups excluding carboxylic acids is 2. The van der Waals surface area contributed by atoms with Gasteiger partial charge in [-0.05, 0) is 37.1 Å². The van der Waals surface area contributed by atoms with Gasteiger partial charge < -0.3 is 24.8 Å². The van der Waals surface area contributed by atoms with E-state index >= 15 is 0 Å². The Labute approximate surface area is 227 Å². The van der Waals surface area contributed by atoms with Crippen molar-refractivity contribution in [1.29, 1.82) is 0 Å². The average Bonchev–Trinajstić information content (AvgIpc) is 2.98. The zero-order valence-electron chi connectivity index (χ0n) is 21.9. The summed E-state index contributed by atoms with van der Waals surface area (Å²) in [4.78, 5) is 33.3. The lowest BCUT2D eigenvalue weighted by Crippen LogP contribution is -2.26. The molecule has 0 aliphatic heterocycles. The molecule has 4 aromatic rings. The molecule has 2 aromatic heterocycles. The number of nitrogens with zero attached hydrogens (tertiary/aromatic N) is 2.